The molecule has 0 bridgehead atoms. The third kappa shape index (κ3) is 4.13. The summed E-state index contributed by atoms with van der Waals surface area (Å²) >= 11 is 0. The number of nitrogens with zero attached hydrogens (tertiary/aromatic N) is 1. The van der Waals surface area contributed by atoms with Crippen LogP contribution < -0.4 is 10.1 Å². The molecular weight excluding hydrogens is 380 g/mol. The first-order valence-corrected chi connectivity index (χ1v) is 9.06. The molecule has 0 unspecified atom stereocenters. The summed E-state index contributed by atoms with van der Waals surface area (Å²) < 4.78 is 15.6. The van der Waals surface area contributed by atoms with Gasteiger partial charge in [0.2, 0.25) is 5.91 Å². The van der Waals surface area contributed by atoms with Crippen LogP contribution in [0.15, 0.2) is 41.0 Å². The molecule has 1 saturated heterocycles. The number of carbonyl (C=O) groups excluding carboxylic acids is 4. The van der Waals surface area contributed by atoms with Crippen molar-refractivity contribution in [3.05, 3.63) is 47.9 Å². The molecular formula is C20H18N2O7. The molecule has 2 aliphatic heterocycles. The summed E-state index contributed by atoms with van der Waals surface area (Å²) in [5.41, 5.74) is 0.678. The van der Waals surface area contributed by atoms with Crippen LogP contribution >= 0.6 is 0 Å². The first-order valence-electron chi connectivity index (χ1n) is 9.06. The second kappa shape index (κ2) is 7.78. The highest BCUT2D eigenvalue weighted by Gasteiger charge is 2.36. The lowest BCUT2D eigenvalue weighted by Gasteiger charge is -2.18. The van der Waals surface area contributed by atoms with Crippen molar-refractivity contribution in [2.24, 2.45) is 5.92 Å². The Balaban J connectivity index is 1.31. The van der Waals surface area contributed by atoms with Crippen LogP contribution in [0.25, 0.3) is 0 Å². The molecule has 1 aromatic carbocycles. The fraction of sp³-hybridized carbons (Fsp3) is 0.300. The van der Waals surface area contributed by atoms with E-state index in [1.165, 1.54) is 23.3 Å². The minimum atomic E-state index is -0.624. The molecule has 2 aromatic rings. The normalized spacial score (nSPS) is 18.1. The van der Waals surface area contributed by atoms with E-state index in [4.69, 9.17) is 13.9 Å². The number of furan rings is 1. The molecule has 29 heavy (non-hydrogen) atoms. The zero-order valence-electron chi connectivity index (χ0n) is 15.4. The van der Waals surface area contributed by atoms with E-state index >= 15 is 0 Å². The fourth-order valence-electron chi connectivity index (χ4n) is 3.27. The first kappa shape index (κ1) is 18.7. The van der Waals surface area contributed by atoms with E-state index in [9.17, 15) is 19.2 Å². The number of likely N-dealkylation sites (tertiary alicyclic amines) is 1. The van der Waals surface area contributed by atoms with Gasteiger partial charge < -0.3 is 24.1 Å². The number of ketones is 1. The summed E-state index contributed by atoms with van der Waals surface area (Å²) in [7, 11) is 0. The molecule has 0 radical (unpaired) electrons. The third-order valence-electron chi connectivity index (χ3n) is 4.75. The Morgan fingerprint density at radius 1 is 1.24 bits per heavy atom. The molecule has 1 atom stereocenters. The van der Waals surface area contributed by atoms with Crippen LogP contribution in [0.1, 0.15) is 22.5 Å². The van der Waals surface area contributed by atoms with Crippen LogP contribution in [0.4, 0.5) is 5.69 Å². The van der Waals surface area contributed by atoms with Crippen molar-refractivity contribution in [3.63, 3.8) is 0 Å². The SMILES string of the molecule is O=C1COc2ccc(C(=O)COC(=O)[C@@H]3CC(=O)N(Cc4ccco4)C3)cc2N1. The van der Waals surface area contributed by atoms with Crippen molar-refractivity contribution >= 4 is 29.3 Å². The monoisotopic (exact) mass is 398 g/mol. The van der Waals surface area contributed by atoms with E-state index < -0.39 is 24.3 Å². The van der Waals surface area contributed by atoms with E-state index in [1.54, 1.807) is 18.2 Å². The Kier molecular flexibility index (Phi) is 5.03. The van der Waals surface area contributed by atoms with Crippen LogP contribution in [0.3, 0.4) is 0 Å². The molecule has 150 valence electrons. The number of rotatable bonds is 6. The van der Waals surface area contributed by atoms with Gasteiger partial charge in [-0.15, -0.1) is 0 Å². The van der Waals surface area contributed by atoms with Gasteiger partial charge in [-0.2, -0.15) is 0 Å². The fourth-order valence-corrected chi connectivity index (χ4v) is 3.27. The molecule has 1 N–H and O–H groups in total. The van der Waals surface area contributed by atoms with Crippen molar-refractivity contribution in [3.8, 4) is 5.75 Å². The molecule has 1 fully saturated rings. The average molecular weight is 398 g/mol. The minimum Gasteiger partial charge on any atom is -0.482 e. The first-order chi connectivity index (χ1) is 14.0. The summed E-state index contributed by atoms with van der Waals surface area (Å²) in [6, 6.07) is 8.07. The van der Waals surface area contributed by atoms with Crippen molar-refractivity contribution < 1.29 is 33.1 Å². The highest BCUT2D eigenvalue weighted by Crippen LogP contribution is 2.28. The number of hydrogen-bond acceptors (Lipinski definition) is 7. The van der Waals surface area contributed by atoms with E-state index in [0.717, 1.165) is 0 Å². The molecule has 1 aromatic heterocycles. The molecule has 0 saturated carbocycles. The zero-order valence-corrected chi connectivity index (χ0v) is 15.4. The number of Topliss-reactive ketones (excluding diaryl/α,β-unsaturated/α-hetero) is 1. The van der Waals surface area contributed by atoms with E-state index in [0.29, 0.717) is 17.2 Å². The Morgan fingerprint density at radius 2 is 2.10 bits per heavy atom. The topological polar surface area (TPSA) is 115 Å². The van der Waals surface area contributed by atoms with Crippen molar-refractivity contribution in [1.29, 1.82) is 0 Å². The summed E-state index contributed by atoms with van der Waals surface area (Å²) in [5.74, 6) is -1.01. The Bertz CT molecular complexity index is 967. The van der Waals surface area contributed by atoms with Gasteiger partial charge in [0.1, 0.15) is 11.5 Å². The smallest absolute Gasteiger partial charge is 0.311 e. The largest absolute Gasteiger partial charge is 0.482 e. The van der Waals surface area contributed by atoms with Gasteiger partial charge in [0, 0.05) is 18.5 Å². The maximum Gasteiger partial charge on any atom is 0.311 e. The van der Waals surface area contributed by atoms with E-state index in [1.807, 2.05) is 0 Å². The number of nitrogens with one attached hydrogen (secondary N) is 1. The van der Waals surface area contributed by atoms with Gasteiger partial charge in [0.15, 0.2) is 19.0 Å². The Hall–Kier alpha value is -3.62. The van der Waals surface area contributed by atoms with E-state index in [2.05, 4.69) is 5.32 Å². The summed E-state index contributed by atoms with van der Waals surface area (Å²) in [5, 5.41) is 2.62. The summed E-state index contributed by atoms with van der Waals surface area (Å²) in [6.07, 6.45) is 1.56. The standard InChI is InChI=1S/C20H18N2O7/c23-16(12-3-4-17-15(6-12)21-18(24)11-28-17)10-29-20(26)13-7-19(25)22(8-13)9-14-2-1-5-27-14/h1-6,13H,7-11H2,(H,21,24)/t13-/m1/s1. The number of hydrogen-bond donors (Lipinski definition) is 1. The highest BCUT2D eigenvalue weighted by molar-refractivity contribution is 6.02. The molecule has 0 spiro atoms. The van der Waals surface area contributed by atoms with Crippen LogP contribution in [-0.4, -0.2) is 48.2 Å². The molecule has 9 nitrogen and oxygen atoms in total. The molecule has 2 amide bonds. The van der Waals surface area contributed by atoms with Gasteiger partial charge in [-0.05, 0) is 30.3 Å². The number of fused-ring (bicyclic) bond motifs is 1. The number of carbonyl (C=O) groups is 4. The van der Waals surface area contributed by atoms with Crippen molar-refractivity contribution in [2.45, 2.75) is 13.0 Å². The maximum atomic E-state index is 12.4. The van der Waals surface area contributed by atoms with Crippen LogP contribution in [0, 0.1) is 5.92 Å². The highest BCUT2D eigenvalue weighted by atomic mass is 16.5. The number of amides is 2. The molecule has 9 heteroatoms. The van der Waals surface area contributed by atoms with Gasteiger partial charge in [-0.1, -0.05) is 0 Å². The number of benzene rings is 1. The molecule has 0 aliphatic carbocycles. The minimum absolute atomic E-state index is 0.0376. The number of esters is 1. The van der Waals surface area contributed by atoms with Gasteiger partial charge >= 0.3 is 5.97 Å². The van der Waals surface area contributed by atoms with Gasteiger partial charge in [-0.25, -0.2) is 0 Å². The third-order valence-corrected chi connectivity index (χ3v) is 4.75. The van der Waals surface area contributed by atoms with E-state index in [-0.39, 0.29) is 43.5 Å². The predicted molar refractivity (Wildman–Crippen MR) is 98.1 cm³/mol. The maximum absolute atomic E-state index is 12.4. The molecule has 4 rings (SSSR count). The second-order valence-corrected chi connectivity index (χ2v) is 6.83. The molecule has 2 aliphatic rings. The lowest BCUT2D eigenvalue weighted by Crippen LogP contribution is -2.27. The molecule has 3 heterocycles. The number of ether oxygens (including phenoxy) is 2. The van der Waals surface area contributed by atoms with Gasteiger partial charge in [-0.3, -0.25) is 19.2 Å². The van der Waals surface area contributed by atoms with Gasteiger partial charge in [0.05, 0.1) is 24.4 Å². The number of anilines is 1. The Morgan fingerprint density at radius 3 is 2.90 bits per heavy atom. The predicted octanol–water partition coefficient (Wildman–Crippen LogP) is 1.39. The van der Waals surface area contributed by atoms with Crippen LogP contribution in [0.2, 0.25) is 0 Å². The lowest BCUT2D eigenvalue weighted by molar-refractivity contribution is -0.147. The second-order valence-electron chi connectivity index (χ2n) is 6.83. The Labute approximate surface area is 165 Å². The van der Waals surface area contributed by atoms with Gasteiger partial charge in [0.25, 0.3) is 5.91 Å². The van der Waals surface area contributed by atoms with Crippen molar-refractivity contribution in [1.82, 2.24) is 4.90 Å². The zero-order chi connectivity index (χ0) is 20.4. The summed E-state index contributed by atoms with van der Waals surface area (Å²) in [6.45, 7) is -0.0174. The summed E-state index contributed by atoms with van der Waals surface area (Å²) in [4.78, 5) is 49.7. The van der Waals surface area contributed by atoms with Crippen molar-refractivity contribution in [2.75, 3.05) is 25.1 Å². The van der Waals surface area contributed by atoms with Crippen LogP contribution in [-0.2, 0) is 25.7 Å². The average Bonchev–Trinajstić information content (AvgIpc) is 3.35. The quantitative estimate of drug-likeness (QED) is 0.577. The lowest BCUT2D eigenvalue weighted by atomic mass is 10.1. The van der Waals surface area contributed by atoms with Crippen LogP contribution in [0.5, 0.6) is 5.75 Å².